The molecule has 0 saturated heterocycles. The van der Waals surface area contributed by atoms with Crippen molar-refractivity contribution < 1.29 is 18.7 Å². The Hall–Kier alpha value is -2.08. The number of amides is 1. The second kappa shape index (κ2) is 6.58. The second-order valence-electron chi connectivity index (χ2n) is 4.31. The van der Waals surface area contributed by atoms with Crippen molar-refractivity contribution in [2.45, 2.75) is 12.0 Å². The molecule has 0 saturated carbocycles. The predicted molar refractivity (Wildman–Crippen MR) is 82.7 cm³/mol. The highest BCUT2D eigenvalue weighted by atomic mass is 32.2. The van der Waals surface area contributed by atoms with Crippen LogP contribution in [0.2, 0.25) is 0 Å². The average Bonchev–Trinajstić information content (AvgIpc) is 2.98. The van der Waals surface area contributed by atoms with Crippen LogP contribution in [0.5, 0.6) is 11.5 Å². The van der Waals surface area contributed by atoms with Gasteiger partial charge in [0.15, 0.2) is 5.09 Å². The number of methoxy groups -OCH3 is 2. The molecule has 0 fully saturated rings. The summed E-state index contributed by atoms with van der Waals surface area (Å²) < 4.78 is 15.7. The fraction of sp³-hybridized carbons (Fsp3) is 0.267. The number of ether oxygens (including phenoxy) is 2. The largest absolute Gasteiger partial charge is 0.497 e. The second-order valence-corrected chi connectivity index (χ2v) is 5.13. The maximum absolute atomic E-state index is 12.2. The molecule has 1 amide bonds. The number of rotatable bonds is 5. The van der Waals surface area contributed by atoms with Gasteiger partial charge in [-0.15, -0.1) is 0 Å². The minimum atomic E-state index is -0.238. The molecule has 0 radical (unpaired) electrons. The lowest BCUT2D eigenvalue weighted by atomic mass is 10.1. The average molecular weight is 307 g/mol. The number of nitrogens with one attached hydrogen (secondary N) is 1. The SMILES string of the molecule is COc1cc(NC(=O)c2coc(SC)c2)c(C)c(OC)c1. The molecule has 2 aromatic rings. The minimum absolute atomic E-state index is 0.238. The third kappa shape index (κ3) is 3.33. The summed E-state index contributed by atoms with van der Waals surface area (Å²) in [5, 5.41) is 3.54. The molecule has 0 bridgehead atoms. The third-order valence-electron chi connectivity index (χ3n) is 3.08. The van der Waals surface area contributed by atoms with Gasteiger partial charge in [0.2, 0.25) is 0 Å². The van der Waals surface area contributed by atoms with E-state index in [2.05, 4.69) is 5.32 Å². The maximum Gasteiger partial charge on any atom is 0.258 e. The lowest BCUT2D eigenvalue weighted by molar-refractivity contribution is 0.102. The molecule has 1 N–H and O–H groups in total. The summed E-state index contributed by atoms with van der Waals surface area (Å²) >= 11 is 1.44. The topological polar surface area (TPSA) is 60.7 Å². The quantitative estimate of drug-likeness (QED) is 0.856. The van der Waals surface area contributed by atoms with Crippen LogP contribution in [-0.2, 0) is 0 Å². The number of anilines is 1. The molecule has 5 nitrogen and oxygen atoms in total. The normalized spacial score (nSPS) is 10.3. The Morgan fingerprint density at radius 2 is 2.00 bits per heavy atom. The van der Waals surface area contributed by atoms with Crippen LogP contribution in [0, 0.1) is 6.92 Å². The molecule has 0 aliphatic heterocycles. The maximum atomic E-state index is 12.2. The lowest BCUT2D eigenvalue weighted by Crippen LogP contribution is -2.12. The smallest absolute Gasteiger partial charge is 0.258 e. The molecular weight excluding hydrogens is 290 g/mol. The highest BCUT2D eigenvalue weighted by Gasteiger charge is 2.14. The Bertz CT molecular complexity index is 651. The summed E-state index contributed by atoms with van der Waals surface area (Å²) in [5.74, 6) is 1.03. The lowest BCUT2D eigenvalue weighted by Gasteiger charge is -2.13. The van der Waals surface area contributed by atoms with Gasteiger partial charge in [0.1, 0.15) is 17.8 Å². The Labute approximate surface area is 127 Å². The van der Waals surface area contributed by atoms with Gasteiger partial charge in [-0.2, -0.15) is 0 Å². The van der Waals surface area contributed by atoms with Gasteiger partial charge in [0.05, 0.1) is 25.5 Å². The third-order valence-corrected chi connectivity index (χ3v) is 3.69. The number of carbonyl (C=O) groups excluding carboxylic acids is 1. The zero-order valence-electron chi connectivity index (χ0n) is 12.4. The number of thioether (sulfide) groups is 1. The summed E-state index contributed by atoms with van der Waals surface area (Å²) in [6, 6.07) is 5.23. The molecule has 0 atom stereocenters. The molecule has 21 heavy (non-hydrogen) atoms. The van der Waals surface area contributed by atoms with E-state index in [-0.39, 0.29) is 5.91 Å². The van der Waals surface area contributed by atoms with Crippen LogP contribution < -0.4 is 14.8 Å². The number of benzene rings is 1. The van der Waals surface area contributed by atoms with Crippen molar-refractivity contribution in [1.29, 1.82) is 0 Å². The van der Waals surface area contributed by atoms with E-state index in [1.165, 1.54) is 18.0 Å². The van der Waals surface area contributed by atoms with Gasteiger partial charge in [-0.05, 0) is 13.2 Å². The van der Waals surface area contributed by atoms with E-state index in [1.54, 1.807) is 32.4 Å². The van der Waals surface area contributed by atoms with Crippen LogP contribution >= 0.6 is 11.8 Å². The Balaban J connectivity index is 2.27. The van der Waals surface area contributed by atoms with Gasteiger partial charge in [-0.3, -0.25) is 4.79 Å². The van der Waals surface area contributed by atoms with Gasteiger partial charge >= 0.3 is 0 Å². The molecule has 112 valence electrons. The Morgan fingerprint density at radius 3 is 2.57 bits per heavy atom. The van der Waals surface area contributed by atoms with Crippen molar-refractivity contribution >= 4 is 23.4 Å². The van der Waals surface area contributed by atoms with Crippen LogP contribution in [0.3, 0.4) is 0 Å². The van der Waals surface area contributed by atoms with E-state index < -0.39 is 0 Å². The van der Waals surface area contributed by atoms with Gasteiger partial charge in [-0.1, -0.05) is 11.8 Å². The van der Waals surface area contributed by atoms with E-state index in [1.807, 2.05) is 13.2 Å². The van der Waals surface area contributed by atoms with Crippen molar-refractivity contribution in [3.63, 3.8) is 0 Å². The van der Waals surface area contributed by atoms with Crippen LogP contribution in [0.25, 0.3) is 0 Å². The Morgan fingerprint density at radius 1 is 1.24 bits per heavy atom. The molecule has 0 aliphatic rings. The van der Waals surface area contributed by atoms with Crippen LogP contribution in [0.15, 0.2) is 34.0 Å². The molecule has 2 rings (SSSR count). The number of carbonyl (C=O) groups is 1. The van der Waals surface area contributed by atoms with E-state index in [0.717, 1.165) is 5.56 Å². The van der Waals surface area contributed by atoms with E-state index >= 15 is 0 Å². The minimum Gasteiger partial charge on any atom is -0.497 e. The zero-order valence-corrected chi connectivity index (χ0v) is 13.2. The first-order valence-corrected chi connectivity index (χ1v) is 7.48. The fourth-order valence-electron chi connectivity index (χ4n) is 1.86. The van der Waals surface area contributed by atoms with Crippen molar-refractivity contribution in [2.75, 3.05) is 25.8 Å². The number of hydrogen-bond donors (Lipinski definition) is 1. The van der Waals surface area contributed by atoms with Crippen LogP contribution in [-0.4, -0.2) is 26.4 Å². The zero-order chi connectivity index (χ0) is 15.4. The molecule has 1 aromatic heterocycles. The van der Waals surface area contributed by atoms with E-state index in [4.69, 9.17) is 13.9 Å². The summed E-state index contributed by atoms with van der Waals surface area (Å²) in [4.78, 5) is 12.2. The molecule has 6 heteroatoms. The van der Waals surface area contributed by atoms with Crippen molar-refractivity contribution in [3.05, 3.63) is 35.6 Å². The highest BCUT2D eigenvalue weighted by molar-refractivity contribution is 7.98. The molecule has 1 heterocycles. The van der Waals surface area contributed by atoms with Gasteiger partial charge in [0, 0.05) is 23.8 Å². The number of furan rings is 1. The Kier molecular flexibility index (Phi) is 4.80. The summed E-state index contributed by atoms with van der Waals surface area (Å²) in [6.45, 7) is 1.87. The monoisotopic (exact) mass is 307 g/mol. The number of hydrogen-bond acceptors (Lipinski definition) is 5. The first-order chi connectivity index (χ1) is 10.1. The molecular formula is C15H17NO4S. The van der Waals surface area contributed by atoms with Crippen molar-refractivity contribution in [2.24, 2.45) is 0 Å². The van der Waals surface area contributed by atoms with Gasteiger partial charge < -0.3 is 19.2 Å². The van der Waals surface area contributed by atoms with Crippen LogP contribution in [0.4, 0.5) is 5.69 Å². The van der Waals surface area contributed by atoms with Crippen LogP contribution in [0.1, 0.15) is 15.9 Å². The standard InChI is InChI=1S/C15H17NO4S/c1-9-12(6-11(18-2)7-13(9)19-3)16-15(17)10-5-14(21-4)20-8-10/h5-8H,1-4H3,(H,16,17). The molecule has 0 unspecified atom stereocenters. The van der Waals surface area contributed by atoms with E-state index in [9.17, 15) is 4.79 Å². The van der Waals surface area contributed by atoms with Crippen molar-refractivity contribution in [1.82, 2.24) is 0 Å². The predicted octanol–water partition coefficient (Wildman–Crippen LogP) is 3.58. The molecule has 0 aliphatic carbocycles. The van der Waals surface area contributed by atoms with Gasteiger partial charge in [0.25, 0.3) is 5.91 Å². The first-order valence-electron chi connectivity index (χ1n) is 6.25. The summed E-state index contributed by atoms with van der Waals surface area (Å²) in [6.07, 6.45) is 3.32. The van der Waals surface area contributed by atoms with E-state index in [0.29, 0.717) is 27.8 Å². The summed E-state index contributed by atoms with van der Waals surface area (Å²) in [7, 11) is 3.14. The molecule has 1 aromatic carbocycles. The van der Waals surface area contributed by atoms with Gasteiger partial charge in [-0.25, -0.2) is 0 Å². The highest BCUT2D eigenvalue weighted by Crippen LogP contribution is 2.32. The molecule has 0 spiro atoms. The fourth-order valence-corrected chi connectivity index (χ4v) is 2.25. The summed E-state index contributed by atoms with van der Waals surface area (Å²) in [5.41, 5.74) is 1.95. The van der Waals surface area contributed by atoms with Crippen molar-refractivity contribution in [3.8, 4) is 11.5 Å². The first kappa shape index (κ1) is 15.3.